The number of ether oxygens (including phenoxy) is 1. The molecular weight excluding hydrogens is 316 g/mol. The smallest absolute Gasteiger partial charge is 0.257 e. The number of amides is 1. The van der Waals surface area contributed by atoms with E-state index in [1.165, 1.54) is 5.56 Å². The molecule has 2 heterocycles. The molecule has 0 radical (unpaired) electrons. The molecule has 25 heavy (non-hydrogen) atoms. The molecule has 0 bridgehead atoms. The minimum Gasteiger partial charge on any atom is -0.484 e. The van der Waals surface area contributed by atoms with Gasteiger partial charge in [-0.3, -0.25) is 9.20 Å². The Hall–Kier alpha value is -2.89. The SMILES string of the molecule is CC(C)c1ccc(OCC(=O)NCCc2nnc3ccccn23)cc1. The van der Waals surface area contributed by atoms with Gasteiger partial charge >= 0.3 is 0 Å². The molecular formula is C19H22N4O2. The van der Waals surface area contributed by atoms with Gasteiger partial charge in [0.25, 0.3) is 5.91 Å². The fourth-order valence-corrected chi connectivity index (χ4v) is 2.52. The van der Waals surface area contributed by atoms with Crippen molar-refractivity contribution in [2.75, 3.05) is 13.2 Å². The maximum atomic E-state index is 11.9. The summed E-state index contributed by atoms with van der Waals surface area (Å²) in [6.45, 7) is 4.77. The molecule has 6 heteroatoms. The molecule has 2 aromatic heterocycles. The molecule has 0 atom stereocenters. The van der Waals surface area contributed by atoms with Gasteiger partial charge in [-0.15, -0.1) is 10.2 Å². The summed E-state index contributed by atoms with van der Waals surface area (Å²) >= 11 is 0. The summed E-state index contributed by atoms with van der Waals surface area (Å²) in [7, 11) is 0. The largest absolute Gasteiger partial charge is 0.484 e. The van der Waals surface area contributed by atoms with Crippen LogP contribution in [0, 0.1) is 0 Å². The van der Waals surface area contributed by atoms with Crippen LogP contribution in [0.4, 0.5) is 0 Å². The Balaban J connectivity index is 1.43. The Morgan fingerprint density at radius 3 is 2.72 bits per heavy atom. The second-order valence-corrected chi connectivity index (χ2v) is 6.16. The highest BCUT2D eigenvalue weighted by atomic mass is 16.5. The van der Waals surface area contributed by atoms with Gasteiger partial charge in [-0.25, -0.2) is 0 Å². The molecule has 3 aromatic rings. The van der Waals surface area contributed by atoms with E-state index in [9.17, 15) is 4.79 Å². The van der Waals surface area contributed by atoms with E-state index in [0.717, 1.165) is 11.5 Å². The van der Waals surface area contributed by atoms with Crippen LogP contribution in [0.5, 0.6) is 5.75 Å². The molecule has 0 aliphatic heterocycles. The van der Waals surface area contributed by atoms with Crippen LogP contribution < -0.4 is 10.1 Å². The van der Waals surface area contributed by atoms with Gasteiger partial charge in [0, 0.05) is 19.2 Å². The second kappa shape index (κ2) is 7.79. The molecule has 0 unspecified atom stereocenters. The van der Waals surface area contributed by atoms with Gasteiger partial charge in [-0.1, -0.05) is 32.0 Å². The molecule has 6 nitrogen and oxygen atoms in total. The van der Waals surface area contributed by atoms with E-state index < -0.39 is 0 Å². The summed E-state index contributed by atoms with van der Waals surface area (Å²) in [5.41, 5.74) is 2.05. The molecule has 0 saturated carbocycles. The third-order valence-corrected chi connectivity index (χ3v) is 3.97. The predicted octanol–water partition coefficient (Wildman–Crippen LogP) is 2.59. The summed E-state index contributed by atoms with van der Waals surface area (Å²) in [5, 5.41) is 11.1. The first-order valence-corrected chi connectivity index (χ1v) is 8.41. The van der Waals surface area contributed by atoms with Gasteiger partial charge in [-0.2, -0.15) is 0 Å². The maximum Gasteiger partial charge on any atom is 0.257 e. The minimum atomic E-state index is -0.151. The number of carbonyl (C=O) groups excluding carboxylic acids is 1. The third-order valence-electron chi connectivity index (χ3n) is 3.97. The molecule has 1 aromatic carbocycles. The number of nitrogens with zero attached hydrogens (tertiary/aromatic N) is 3. The van der Waals surface area contributed by atoms with Crippen molar-refractivity contribution in [3.63, 3.8) is 0 Å². The zero-order valence-corrected chi connectivity index (χ0v) is 14.5. The minimum absolute atomic E-state index is 0.00159. The third kappa shape index (κ3) is 4.35. The Bertz CT molecular complexity index is 840. The molecule has 0 saturated heterocycles. The normalized spacial score (nSPS) is 11.0. The number of aromatic nitrogens is 3. The second-order valence-electron chi connectivity index (χ2n) is 6.16. The number of carbonyl (C=O) groups is 1. The van der Waals surface area contributed by atoms with E-state index in [1.807, 2.05) is 53.1 Å². The van der Waals surface area contributed by atoms with Gasteiger partial charge in [0.1, 0.15) is 11.6 Å². The van der Waals surface area contributed by atoms with Crippen molar-refractivity contribution >= 4 is 11.6 Å². The molecule has 3 rings (SSSR count). The van der Waals surface area contributed by atoms with Crippen LogP contribution in [0.1, 0.15) is 31.2 Å². The molecule has 0 fully saturated rings. The van der Waals surface area contributed by atoms with Crippen molar-refractivity contribution in [3.05, 3.63) is 60.0 Å². The lowest BCUT2D eigenvalue weighted by atomic mass is 10.0. The lowest BCUT2D eigenvalue weighted by molar-refractivity contribution is -0.123. The molecule has 0 spiro atoms. The first kappa shape index (κ1) is 17.0. The highest BCUT2D eigenvalue weighted by molar-refractivity contribution is 5.77. The Labute approximate surface area is 146 Å². The van der Waals surface area contributed by atoms with E-state index in [1.54, 1.807) is 0 Å². The quantitative estimate of drug-likeness (QED) is 0.719. The van der Waals surface area contributed by atoms with Gasteiger partial charge in [-0.05, 0) is 35.7 Å². The van der Waals surface area contributed by atoms with Crippen molar-refractivity contribution in [1.82, 2.24) is 19.9 Å². The topological polar surface area (TPSA) is 68.5 Å². The fourth-order valence-electron chi connectivity index (χ4n) is 2.52. The average Bonchev–Trinajstić information content (AvgIpc) is 3.04. The number of pyridine rings is 1. The summed E-state index contributed by atoms with van der Waals surface area (Å²) in [6.07, 6.45) is 2.52. The summed E-state index contributed by atoms with van der Waals surface area (Å²) in [4.78, 5) is 11.9. The van der Waals surface area contributed by atoms with Crippen LogP contribution in [0.15, 0.2) is 48.7 Å². The lowest BCUT2D eigenvalue weighted by Gasteiger charge is -2.09. The number of benzene rings is 1. The van der Waals surface area contributed by atoms with E-state index in [0.29, 0.717) is 24.6 Å². The van der Waals surface area contributed by atoms with Crippen LogP contribution >= 0.6 is 0 Å². The number of hydrogen-bond donors (Lipinski definition) is 1. The fraction of sp³-hybridized carbons (Fsp3) is 0.316. The van der Waals surface area contributed by atoms with Crippen molar-refractivity contribution in [3.8, 4) is 5.75 Å². The van der Waals surface area contributed by atoms with Crippen molar-refractivity contribution in [1.29, 1.82) is 0 Å². The first-order valence-electron chi connectivity index (χ1n) is 8.41. The maximum absolute atomic E-state index is 11.9. The number of nitrogens with one attached hydrogen (secondary N) is 1. The van der Waals surface area contributed by atoms with E-state index in [2.05, 4.69) is 29.4 Å². The summed E-state index contributed by atoms with van der Waals surface area (Å²) < 4.78 is 7.43. The van der Waals surface area contributed by atoms with Crippen LogP contribution in [-0.2, 0) is 11.2 Å². The highest BCUT2D eigenvalue weighted by Gasteiger charge is 2.07. The molecule has 1 amide bonds. The highest BCUT2D eigenvalue weighted by Crippen LogP contribution is 2.18. The summed E-state index contributed by atoms with van der Waals surface area (Å²) in [5.74, 6) is 1.84. The van der Waals surface area contributed by atoms with Gasteiger partial charge in [0.2, 0.25) is 0 Å². The van der Waals surface area contributed by atoms with Crippen molar-refractivity contribution in [2.24, 2.45) is 0 Å². The van der Waals surface area contributed by atoms with E-state index in [-0.39, 0.29) is 12.5 Å². The number of hydrogen-bond acceptors (Lipinski definition) is 4. The van der Waals surface area contributed by atoms with Crippen molar-refractivity contribution in [2.45, 2.75) is 26.2 Å². The lowest BCUT2D eigenvalue weighted by Crippen LogP contribution is -2.30. The van der Waals surface area contributed by atoms with Crippen LogP contribution in [0.2, 0.25) is 0 Å². The zero-order valence-electron chi connectivity index (χ0n) is 14.5. The molecule has 130 valence electrons. The van der Waals surface area contributed by atoms with Crippen LogP contribution in [0.3, 0.4) is 0 Å². The van der Waals surface area contributed by atoms with E-state index in [4.69, 9.17) is 4.74 Å². The monoisotopic (exact) mass is 338 g/mol. The average molecular weight is 338 g/mol. The van der Waals surface area contributed by atoms with Gasteiger partial charge < -0.3 is 10.1 Å². The number of fused-ring (bicyclic) bond motifs is 1. The Morgan fingerprint density at radius 2 is 1.96 bits per heavy atom. The Morgan fingerprint density at radius 1 is 1.16 bits per heavy atom. The van der Waals surface area contributed by atoms with Crippen molar-refractivity contribution < 1.29 is 9.53 Å². The molecule has 1 N–H and O–H groups in total. The van der Waals surface area contributed by atoms with Gasteiger partial charge in [0.05, 0.1) is 0 Å². The zero-order chi connectivity index (χ0) is 17.6. The number of rotatable bonds is 7. The Kier molecular flexibility index (Phi) is 5.28. The first-order chi connectivity index (χ1) is 12.1. The van der Waals surface area contributed by atoms with Crippen LogP contribution in [-0.4, -0.2) is 33.7 Å². The molecule has 0 aliphatic carbocycles. The van der Waals surface area contributed by atoms with Crippen LogP contribution in [0.25, 0.3) is 5.65 Å². The molecule has 0 aliphatic rings. The summed E-state index contributed by atoms with van der Waals surface area (Å²) in [6, 6.07) is 13.6. The predicted molar refractivity (Wildman–Crippen MR) is 95.7 cm³/mol. The van der Waals surface area contributed by atoms with Gasteiger partial charge in [0.15, 0.2) is 12.3 Å². The van der Waals surface area contributed by atoms with E-state index >= 15 is 0 Å². The standard InChI is InChI=1S/C19H22N4O2/c1-14(2)15-6-8-16(9-7-15)25-13-19(24)20-11-10-18-22-21-17-5-3-4-12-23(17)18/h3-9,12,14H,10-11,13H2,1-2H3,(H,20,24).